The van der Waals surface area contributed by atoms with Gasteiger partial charge in [-0.05, 0) is 24.3 Å². The van der Waals surface area contributed by atoms with Crippen LogP contribution in [-0.4, -0.2) is 24.4 Å². The van der Waals surface area contributed by atoms with Crippen LogP contribution in [0.15, 0.2) is 45.6 Å². The molecule has 0 saturated carbocycles. The van der Waals surface area contributed by atoms with Crippen molar-refractivity contribution in [1.29, 1.82) is 0 Å². The summed E-state index contributed by atoms with van der Waals surface area (Å²) in [5.74, 6) is -0.653. The van der Waals surface area contributed by atoms with E-state index in [4.69, 9.17) is 18.0 Å². The molecule has 0 bridgehead atoms. The van der Waals surface area contributed by atoms with Gasteiger partial charge in [-0.1, -0.05) is 0 Å². The van der Waals surface area contributed by atoms with Gasteiger partial charge in [-0.2, -0.15) is 0 Å². The largest absolute Gasteiger partial charge is 0.508 e. The number of hydrogen-bond donors (Lipinski definition) is 2. The predicted octanol–water partition coefficient (Wildman–Crippen LogP) is 2.89. The number of ether oxygens (including phenoxy) is 2. The number of methoxy groups -OCH3 is 2. The standard InChI is InChI=1S/C17H14O6/c1-21-11-5-3-9(4-6-11)16-17(22-2)15(20)14-12(19)7-10(18)8-13(14)23-16/h3-8,18-19H,1-2H3/i1D3. The van der Waals surface area contributed by atoms with Gasteiger partial charge in [-0.3, -0.25) is 4.79 Å². The molecule has 0 fully saturated rings. The normalized spacial score (nSPS) is 13.2. The fourth-order valence-electron chi connectivity index (χ4n) is 2.32. The van der Waals surface area contributed by atoms with Crippen LogP contribution in [0.25, 0.3) is 22.3 Å². The van der Waals surface area contributed by atoms with Crippen molar-refractivity contribution in [2.45, 2.75) is 0 Å². The number of phenols is 2. The van der Waals surface area contributed by atoms with E-state index in [1.165, 1.54) is 37.4 Å². The lowest BCUT2D eigenvalue weighted by molar-refractivity contribution is 0.397. The Morgan fingerprint density at radius 1 is 1.13 bits per heavy atom. The van der Waals surface area contributed by atoms with Crippen molar-refractivity contribution in [1.82, 2.24) is 0 Å². The van der Waals surface area contributed by atoms with E-state index in [0.717, 1.165) is 6.07 Å². The SMILES string of the molecule is [2H]C([2H])([2H])Oc1ccc(-c2oc3cc(O)cc(O)c3c(=O)c2OC)cc1. The topological polar surface area (TPSA) is 89.1 Å². The monoisotopic (exact) mass is 317 g/mol. The number of benzene rings is 2. The van der Waals surface area contributed by atoms with Crippen molar-refractivity contribution >= 4 is 11.0 Å². The Morgan fingerprint density at radius 3 is 2.52 bits per heavy atom. The molecule has 118 valence electrons. The molecule has 23 heavy (non-hydrogen) atoms. The van der Waals surface area contributed by atoms with Crippen LogP contribution in [-0.2, 0) is 0 Å². The Kier molecular flexibility index (Phi) is 2.76. The van der Waals surface area contributed by atoms with Gasteiger partial charge in [0.05, 0.1) is 18.3 Å². The number of phenolic OH excluding ortho intramolecular Hbond substituents is 2. The first-order valence-corrected chi connectivity index (χ1v) is 6.56. The van der Waals surface area contributed by atoms with E-state index >= 15 is 0 Å². The van der Waals surface area contributed by atoms with E-state index in [1.807, 2.05) is 0 Å². The van der Waals surface area contributed by atoms with Crippen LogP contribution >= 0.6 is 0 Å². The van der Waals surface area contributed by atoms with Crippen molar-refractivity contribution in [3.63, 3.8) is 0 Å². The summed E-state index contributed by atoms with van der Waals surface area (Å²) in [6.45, 7) is 0. The second-order valence-electron chi connectivity index (χ2n) is 4.76. The molecule has 3 aromatic rings. The molecule has 1 heterocycles. The average molecular weight is 317 g/mol. The highest BCUT2D eigenvalue weighted by molar-refractivity contribution is 5.88. The van der Waals surface area contributed by atoms with Gasteiger partial charge in [-0.15, -0.1) is 0 Å². The van der Waals surface area contributed by atoms with Gasteiger partial charge in [0.15, 0.2) is 5.76 Å². The van der Waals surface area contributed by atoms with E-state index in [9.17, 15) is 15.0 Å². The summed E-state index contributed by atoms with van der Waals surface area (Å²) in [4.78, 5) is 12.6. The van der Waals surface area contributed by atoms with E-state index in [1.54, 1.807) is 0 Å². The molecule has 2 aromatic carbocycles. The van der Waals surface area contributed by atoms with Crippen LogP contribution in [0.3, 0.4) is 0 Å². The Morgan fingerprint density at radius 2 is 1.87 bits per heavy atom. The third kappa shape index (κ3) is 2.44. The number of hydrogen-bond acceptors (Lipinski definition) is 6. The smallest absolute Gasteiger partial charge is 0.239 e. The molecule has 2 N–H and O–H groups in total. The average Bonchev–Trinajstić information content (AvgIpc) is 2.53. The maximum Gasteiger partial charge on any atom is 0.239 e. The highest BCUT2D eigenvalue weighted by atomic mass is 16.5. The molecule has 0 radical (unpaired) electrons. The third-order valence-electron chi connectivity index (χ3n) is 3.36. The molecule has 6 heteroatoms. The quantitative estimate of drug-likeness (QED) is 0.772. The highest BCUT2D eigenvalue weighted by Gasteiger charge is 2.19. The van der Waals surface area contributed by atoms with Gasteiger partial charge in [0, 0.05) is 17.7 Å². The fraction of sp³-hybridized carbons (Fsp3) is 0.118. The molecule has 0 aliphatic rings. The first kappa shape index (κ1) is 11.4. The summed E-state index contributed by atoms with van der Waals surface area (Å²) in [7, 11) is -1.30. The molecule has 0 unspecified atom stereocenters. The van der Waals surface area contributed by atoms with Crippen LogP contribution in [0.4, 0.5) is 0 Å². The summed E-state index contributed by atoms with van der Waals surface area (Å²) in [6, 6.07) is 8.04. The lowest BCUT2D eigenvalue weighted by Crippen LogP contribution is -2.07. The van der Waals surface area contributed by atoms with E-state index in [0.29, 0.717) is 5.56 Å². The summed E-state index contributed by atoms with van der Waals surface area (Å²) in [5.41, 5.74) is -0.211. The van der Waals surface area contributed by atoms with Gasteiger partial charge in [-0.25, -0.2) is 0 Å². The van der Waals surface area contributed by atoms with Crippen LogP contribution < -0.4 is 14.9 Å². The molecule has 0 saturated heterocycles. The Balaban J connectivity index is 2.17. The first-order valence-electron chi connectivity index (χ1n) is 8.06. The predicted molar refractivity (Wildman–Crippen MR) is 84.4 cm³/mol. The Hall–Kier alpha value is -3.15. The van der Waals surface area contributed by atoms with Crippen molar-refractivity contribution in [3.8, 4) is 34.3 Å². The molecule has 0 amide bonds. The van der Waals surface area contributed by atoms with Crippen LogP contribution in [0.5, 0.6) is 23.0 Å². The van der Waals surface area contributed by atoms with Crippen LogP contribution in [0, 0.1) is 0 Å². The Labute approximate surface area is 135 Å². The van der Waals surface area contributed by atoms with Crippen LogP contribution in [0.2, 0.25) is 0 Å². The first-order chi connectivity index (χ1) is 12.2. The summed E-state index contributed by atoms with van der Waals surface area (Å²) in [6.07, 6.45) is 0. The number of rotatable bonds is 3. The molecule has 0 aliphatic carbocycles. The summed E-state index contributed by atoms with van der Waals surface area (Å²) < 4.78 is 36.9. The van der Waals surface area contributed by atoms with Crippen molar-refractivity contribution in [3.05, 3.63) is 46.6 Å². The van der Waals surface area contributed by atoms with Crippen molar-refractivity contribution in [2.75, 3.05) is 14.1 Å². The maximum atomic E-state index is 12.6. The fourth-order valence-corrected chi connectivity index (χ4v) is 2.32. The zero-order chi connectivity index (χ0) is 19.1. The zero-order valence-corrected chi connectivity index (χ0v) is 12.0. The summed E-state index contributed by atoms with van der Waals surface area (Å²) in [5, 5.41) is 19.4. The van der Waals surface area contributed by atoms with Gasteiger partial charge in [0.25, 0.3) is 0 Å². The van der Waals surface area contributed by atoms with Crippen molar-refractivity contribution in [2.24, 2.45) is 0 Å². The molecule has 0 spiro atoms. The molecule has 1 aromatic heterocycles. The maximum absolute atomic E-state index is 12.6. The minimum absolute atomic E-state index is 0.0221. The third-order valence-corrected chi connectivity index (χ3v) is 3.36. The molecule has 0 atom stereocenters. The molecular formula is C17H14O6. The van der Waals surface area contributed by atoms with Gasteiger partial charge >= 0.3 is 0 Å². The molecule has 6 nitrogen and oxygen atoms in total. The second kappa shape index (κ2) is 5.57. The van der Waals surface area contributed by atoms with E-state index < -0.39 is 18.2 Å². The zero-order valence-electron chi connectivity index (χ0n) is 15.0. The summed E-state index contributed by atoms with van der Waals surface area (Å²) >= 11 is 0. The Bertz CT molecular complexity index is 1020. The van der Waals surface area contributed by atoms with Crippen LogP contribution in [0.1, 0.15) is 4.11 Å². The highest BCUT2D eigenvalue weighted by Crippen LogP contribution is 2.35. The number of fused-ring (bicyclic) bond motifs is 1. The molecule has 0 aliphatic heterocycles. The second-order valence-corrected chi connectivity index (χ2v) is 4.76. The minimum Gasteiger partial charge on any atom is -0.508 e. The molecular weight excluding hydrogens is 300 g/mol. The lowest BCUT2D eigenvalue weighted by Gasteiger charge is -2.10. The minimum atomic E-state index is -2.58. The lowest BCUT2D eigenvalue weighted by atomic mass is 10.1. The number of aromatic hydroxyl groups is 2. The molecule has 3 rings (SSSR count). The van der Waals surface area contributed by atoms with Gasteiger partial charge < -0.3 is 24.1 Å². The van der Waals surface area contributed by atoms with E-state index in [2.05, 4.69) is 0 Å². The van der Waals surface area contributed by atoms with E-state index in [-0.39, 0.29) is 34.0 Å². The van der Waals surface area contributed by atoms with Crippen molar-refractivity contribution < 1.29 is 28.2 Å². The van der Waals surface area contributed by atoms with Gasteiger partial charge in [0.1, 0.15) is 28.2 Å². The van der Waals surface area contributed by atoms with Gasteiger partial charge in [0.2, 0.25) is 11.2 Å².